The second-order valence-corrected chi connectivity index (χ2v) is 4.52. The number of rotatable bonds is 5. The predicted molar refractivity (Wildman–Crippen MR) is 56.2 cm³/mol. The zero-order chi connectivity index (χ0) is 11.2. The first-order chi connectivity index (χ1) is 6.31. The van der Waals surface area contributed by atoms with Gasteiger partial charge in [-0.3, -0.25) is 4.79 Å². The molecule has 0 fully saturated rings. The van der Waals surface area contributed by atoms with Crippen molar-refractivity contribution in [2.75, 3.05) is 6.61 Å². The van der Waals surface area contributed by atoms with E-state index in [-0.39, 0.29) is 17.7 Å². The van der Waals surface area contributed by atoms with E-state index >= 15 is 0 Å². The minimum atomic E-state index is -0.214. The van der Waals surface area contributed by atoms with Crippen molar-refractivity contribution in [1.82, 2.24) is 0 Å². The van der Waals surface area contributed by atoms with Gasteiger partial charge in [-0.2, -0.15) is 0 Å². The molecule has 84 valence electrons. The van der Waals surface area contributed by atoms with Gasteiger partial charge in [-0.25, -0.2) is 0 Å². The maximum Gasteiger partial charge on any atom is 0.302 e. The summed E-state index contributed by atoms with van der Waals surface area (Å²) in [6.45, 7) is 10.1. The largest absolute Gasteiger partial charge is 0.466 e. The summed E-state index contributed by atoms with van der Waals surface area (Å²) >= 11 is 0. The van der Waals surface area contributed by atoms with Crippen LogP contribution in [0.4, 0.5) is 0 Å². The van der Waals surface area contributed by atoms with Gasteiger partial charge in [0, 0.05) is 6.92 Å². The maximum absolute atomic E-state index is 10.5. The number of hydrogen-bond acceptors (Lipinski definition) is 3. The second kappa shape index (κ2) is 6.02. The monoisotopic (exact) mass is 202 g/mol. The lowest BCUT2D eigenvalue weighted by Crippen LogP contribution is -2.25. The van der Waals surface area contributed by atoms with E-state index in [0.29, 0.717) is 6.61 Å². The summed E-state index contributed by atoms with van der Waals surface area (Å²) in [5.74, 6) is -0.214. The molecule has 1 unspecified atom stereocenters. The number of carbonyl (C=O) groups excluding carboxylic acids is 1. The normalized spacial score (nSPS) is 13.8. The lowest BCUT2D eigenvalue weighted by atomic mass is 10.1. The van der Waals surface area contributed by atoms with E-state index in [4.69, 9.17) is 9.47 Å². The third-order valence-corrected chi connectivity index (χ3v) is 1.62. The average Bonchev–Trinajstić information content (AvgIpc) is 1.94. The molecule has 0 bridgehead atoms. The molecule has 0 heterocycles. The van der Waals surface area contributed by atoms with Gasteiger partial charge in [0.25, 0.3) is 0 Å². The Morgan fingerprint density at radius 1 is 1.36 bits per heavy atom. The lowest BCUT2D eigenvalue weighted by Gasteiger charge is -2.24. The van der Waals surface area contributed by atoms with Crippen molar-refractivity contribution >= 4 is 5.97 Å². The SMILES string of the molecule is CC(=O)OCCCC(C)OC(C)(C)C. The van der Waals surface area contributed by atoms with Gasteiger partial charge in [-0.1, -0.05) is 0 Å². The van der Waals surface area contributed by atoms with Crippen molar-refractivity contribution in [3.8, 4) is 0 Å². The Morgan fingerprint density at radius 2 is 1.93 bits per heavy atom. The van der Waals surface area contributed by atoms with Crippen molar-refractivity contribution in [3.63, 3.8) is 0 Å². The maximum atomic E-state index is 10.5. The Balaban J connectivity index is 3.45. The van der Waals surface area contributed by atoms with Gasteiger partial charge < -0.3 is 9.47 Å². The van der Waals surface area contributed by atoms with Gasteiger partial charge in [-0.15, -0.1) is 0 Å². The molecule has 0 rings (SSSR count). The molecule has 0 aliphatic heterocycles. The Bertz CT molecular complexity index is 170. The average molecular weight is 202 g/mol. The quantitative estimate of drug-likeness (QED) is 0.507. The van der Waals surface area contributed by atoms with Gasteiger partial charge in [0.1, 0.15) is 0 Å². The van der Waals surface area contributed by atoms with Crippen molar-refractivity contribution in [3.05, 3.63) is 0 Å². The summed E-state index contributed by atoms with van der Waals surface area (Å²) in [4.78, 5) is 10.5. The molecule has 0 saturated heterocycles. The van der Waals surface area contributed by atoms with E-state index in [0.717, 1.165) is 12.8 Å². The molecule has 0 aromatic carbocycles. The molecular weight excluding hydrogens is 180 g/mol. The van der Waals surface area contributed by atoms with E-state index in [9.17, 15) is 4.79 Å². The third kappa shape index (κ3) is 9.52. The summed E-state index contributed by atoms with van der Waals surface area (Å²) in [6, 6.07) is 0. The predicted octanol–water partition coefficient (Wildman–Crippen LogP) is 2.53. The first-order valence-corrected chi connectivity index (χ1v) is 5.12. The van der Waals surface area contributed by atoms with Gasteiger partial charge in [0.05, 0.1) is 18.3 Å². The second-order valence-electron chi connectivity index (χ2n) is 4.52. The van der Waals surface area contributed by atoms with E-state index in [2.05, 4.69) is 0 Å². The summed E-state index contributed by atoms with van der Waals surface area (Å²) in [5.41, 5.74) is -0.0964. The van der Waals surface area contributed by atoms with Crippen LogP contribution in [-0.2, 0) is 14.3 Å². The Morgan fingerprint density at radius 3 is 2.36 bits per heavy atom. The molecule has 0 aliphatic carbocycles. The molecule has 0 aromatic rings. The smallest absolute Gasteiger partial charge is 0.302 e. The summed E-state index contributed by atoms with van der Waals surface area (Å²) in [5, 5.41) is 0. The van der Waals surface area contributed by atoms with Crippen molar-refractivity contribution < 1.29 is 14.3 Å². The fraction of sp³-hybridized carbons (Fsp3) is 0.909. The van der Waals surface area contributed by atoms with Gasteiger partial charge in [0.2, 0.25) is 0 Å². The highest BCUT2D eigenvalue weighted by Crippen LogP contribution is 2.13. The zero-order valence-electron chi connectivity index (χ0n) is 9.92. The highest BCUT2D eigenvalue weighted by atomic mass is 16.5. The van der Waals surface area contributed by atoms with Crippen molar-refractivity contribution in [2.24, 2.45) is 0 Å². The highest BCUT2D eigenvalue weighted by molar-refractivity contribution is 5.65. The summed E-state index contributed by atoms with van der Waals surface area (Å²) in [7, 11) is 0. The minimum Gasteiger partial charge on any atom is -0.466 e. The van der Waals surface area contributed by atoms with Crippen LogP contribution in [0, 0.1) is 0 Å². The number of carbonyl (C=O) groups is 1. The van der Waals surface area contributed by atoms with Crippen LogP contribution < -0.4 is 0 Å². The fourth-order valence-electron chi connectivity index (χ4n) is 1.25. The van der Waals surface area contributed by atoms with Crippen LogP contribution in [0.15, 0.2) is 0 Å². The Kier molecular flexibility index (Phi) is 5.77. The molecule has 0 N–H and O–H groups in total. The van der Waals surface area contributed by atoms with Crippen LogP contribution in [0.2, 0.25) is 0 Å². The summed E-state index contributed by atoms with van der Waals surface area (Å²) < 4.78 is 10.5. The van der Waals surface area contributed by atoms with Crippen LogP contribution in [0.3, 0.4) is 0 Å². The van der Waals surface area contributed by atoms with Gasteiger partial charge >= 0.3 is 5.97 Å². The third-order valence-electron chi connectivity index (χ3n) is 1.62. The minimum absolute atomic E-state index is 0.0964. The molecule has 1 atom stereocenters. The van der Waals surface area contributed by atoms with Crippen LogP contribution in [0.1, 0.15) is 47.5 Å². The van der Waals surface area contributed by atoms with Gasteiger partial charge in [-0.05, 0) is 40.5 Å². The molecule has 0 amide bonds. The number of esters is 1. The van der Waals surface area contributed by atoms with E-state index in [1.807, 2.05) is 27.7 Å². The van der Waals surface area contributed by atoms with Crippen LogP contribution >= 0.6 is 0 Å². The van der Waals surface area contributed by atoms with Crippen LogP contribution in [-0.4, -0.2) is 24.3 Å². The molecule has 0 radical (unpaired) electrons. The first kappa shape index (κ1) is 13.4. The Labute approximate surface area is 86.8 Å². The molecule has 0 saturated carbocycles. The molecule has 0 aliphatic rings. The molecule has 0 aromatic heterocycles. The van der Waals surface area contributed by atoms with E-state index in [1.54, 1.807) is 0 Å². The van der Waals surface area contributed by atoms with E-state index < -0.39 is 0 Å². The molecule has 3 heteroatoms. The van der Waals surface area contributed by atoms with Gasteiger partial charge in [0.15, 0.2) is 0 Å². The topological polar surface area (TPSA) is 35.5 Å². The first-order valence-electron chi connectivity index (χ1n) is 5.12. The van der Waals surface area contributed by atoms with Crippen molar-refractivity contribution in [2.45, 2.75) is 59.2 Å². The fourth-order valence-corrected chi connectivity index (χ4v) is 1.25. The standard InChI is InChI=1S/C11H22O3/c1-9(14-11(3,4)5)7-6-8-13-10(2)12/h9H,6-8H2,1-5H3. The van der Waals surface area contributed by atoms with Crippen molar-refractivity contribution in [1.29, 1.82) is 0 Å². The van der Waals surface area contributed by atoms with Crippen LogP contribution in [0.5, 0.6) is 0 Å². The molecule has 0 spiro atoms. The Hall–Kier alpha value is -0.570. The number of hydrogen-bond donors (Lipinski definition) is 0. The molecule has 14 heavy (non-hydrogen) atoms. The number of ether oxygens (including phenoxy) is 2. The highest BCUT2D eigenvalue weighted by Gasteiger charge is 2.14. The lowest BCUT2D eigenvalue weighted by molar-refractivity contribution is -0.141. The van der Waals surface area contributed by atoms with E-state index in [1.165, 1.54) is 6.92 Å². The van der Waals surface area contributed by atoms with Crippen LogP contribution in [0.25, 0.3) is 0 Å². The molecule has 3 nitrogen and oxygen atoms in total. The molecular formula is C11H22O3. The summed E-state index contributed by atoms with van der Waals surface area (Å²) in [6.07, 6.45) is 1.99. The zero-order valence-corrected chi connectivity index (χ0v) is 9.92.